The maximum Gasteiger partial charge on any atom is 0.319 e. The number of pyridine rings is 1. The van der Waals surface area contributed by atoms with Gasteiger partial charge in [-0.3, -0.25) is 4.98 Å². The zero-order valence-electron chi connectivity index (χ0n) is 21.3. The summed E-state index contributed by atoms with van der Waals surface area (Å²) in [4.78, 5) is 12.8. The summed E-state index contributed by atoms with van der Waals surface area (Å²) in [5.41, 5.74) is 2.41. The summed E-state index contributed by atoms with van der Waals surface area (Å²) in [6.07, 6.45) is 4.39. The molecule has 2 aromatic heterocycles. The van der Waals surface area contributed by atoms with E-state index in [1.165, 1.54) is 39.6 Å². The standard InChI is InChI=1S/C25H26N6O6S2/c1-26-38(32,33)18-6-4-5-17(12-18)29-23-19-10-7-15(20-13-28-25(37-3)30-24(20)36-2)11-21(19)27-14-22(23)39(34,35)31-16-8-9-16/h4-7,10-14,16,26,31H,8-9H2,1-3H3,(H,27,29). The Morgan fingerprint density at radius 1 is 0.923 bits per heavy atom. The van der Waals surface area contributed by atoms with Crippen molar-refractivity contribution in [1.82, 2.24) is 24.4 Å². The van der Waals surface area contributed by atoms with Gasteiger partial charge in [0.1, 0.15) is 4.90 Å². The Kier molecular flexibility index (Phi) is 7.11. The molecule has 1 aliphatic rings. The van der Waals surface area contributed by atoms with Crippen molar-refractivity contribution >= 4 is 42.3 Å². The van der Waals surface area contributed by atoms with Gasteiger partial charge in [0.15, 0.2) is 0 Å². The zero-order chi connectivity index (χ0) is 27.8. The third kappa shape index (κ3) is 5.49. The van der Waals surface area contributed by atoms with Crippen LogP contribution in [-0.2, 0) is 20.0 Å². The number of benzene rings is 2. The SMILES string of the molecule is CNS(=O)(=O)c1cccc(Nc2c(S(=O)(=O)NC3CC3)cnc3cc(-c4cnc(OC)nc4OC)ccc23)c1. The number of nitrogens with zero attached hydrogens (tertiary/aromatic N) is 3. The van der Waals surface area contributed by atoms with Crippen LogP contribution in [0.25, 0.3) is 22.0 Å². The maximum absolute atomic E-state index is 13.3. The summed E-state index contributed by atoms with van der Waals surface area (Å²) in [7, 11) is -3.38. The molecule has 3 N–H and O–H groups in total. The van der Waals surface area contributed by atoms with Crippen LogP contribution in [0.1, 0.15) is 12.8 Å². The highest BCUT2D eigenvalue weighted by atomic mass is 32.2. The first kappa shape index (κ1) is 26.7. The van der Waals surface area contributed by atoms with Gasteiger partial charge in [-0.25, -0.2) is 31.3 Å². The number of anilines is 2. The van der Waals surface area contributed by atoms with E-state index >= 15 is 0 Å². The largest absolute Gasteiger partial charge is 0.480 e. The molecular formula is C25H26N6O6S2. The van der Waals surface area contributed by atoms with E-state index in [0.29, 0.717) is 33.6 Å². The van der Waals surface area contributed by atoms with Crippen molar-refractivity contribution in [3.63, 3.8) is 0 Å². The fourth-order valence-electron chi connectivity index (χ4n) is 3.97. The van der Waals surface area contributed by atoms with Gasteiger partial charge in [0.2, 0.25) is 25.9 Å². The van der Waals surface area contributed by atoms with E-state index in [2.05, 4.69) is 29.7 Å². The molecule has 0 amide bonds. The summed E-state index contributed by atoms with van der Waals surface area (Å²) in [5, 5.41) is 3.64. The number of hydrogen-bond acceptors (Lipinski definition) is 10. The summed E-state index contributed by atoms with van der Waals surface area (Å²) in [6.45, 7) is 0. The molecule has 0 unspecified atom stereocenters. The molecule has 1 saturated carbocycles. The molecule has 0 radical (unpaired) electrons. The number of ether oxygens (including phenoxy) is 2. The molecular weight excluding hydrogens is 544 g/mol. The number of nitrogens with one attached hydrogen (secondary N) is 3. The number of fused-ring (bicyclic) bond motifs is 1. The minimum Gasteiger partial charge on any atom is -0.480 e. The van der Waals surface area contributed by atoms with Crippen LogP contribution in [0.5, 0.6) is 11.9 Å². The molecule has 2 heterocycles. The third-order valence-corrected chi connectivity index (χ3v) is 9.07. The first-order valence-electron chi connectivity index (χ1n) is 11.9. The molecule has 0 saturated heterocycles. The Labute approximate surface area is 225 Å². The summed E-state index contributed by atoms with van der Waals surface area (Å²) >= 11 is 0. The Balaban J connectivity index is 1.65. The quantitative estimate of drug-likeness (QED) is 0.258. The van der Waals surface area contributed by atoms with Gasteiger partial charge in [-0.1, -0.05) is 18.2 Å². The Hall–Kier alpha value is -3.85. The van der Waals surface area contributed by atoms with Crippen LogP contribution in [0.15, 0.2) is 64.6 Å². The molecule has 12 nitrogen and oxygen atoms in total. The van der Waals surface area contributed by atoms with Gasteiger partial charge < -0.3 is 14.8 Å². The highest BCUT2D eigenvalue weighted by Gasteiger charge is 2.30. The molecule has 204 valence electrons. The second kappa shape index (κ2) is 10.4. The van der Waals surface area contributed by atoms with E-state index < -0.39 is 20.0 Å². The lowest BCUT2D eigenvalue weighted by Gasteiger charge is -2.17. The van der Waals surface area contributed by atoms with E-state index in [0.717, 1.165) is 12.8 Å². The van der Waals surface area contributed by atoms with Gasteiger partial charge >= 0.3 is 6.01 Å². The van der Waals surface area contributed by atoms with Crippen LogP contribution in [0.3, 0.4) is 0 Å². The molecule has 4 aromatic rings. The average molecular weight is 571 g/mol. The van der Waals surface area contributed by atoms with Crippen molar-refractivity contribution in [3.8, 4) is 23.0 Å². The normalized spacial score (nSPS) is 13.8. The van der Waals surface area contributed by atoms with Gasteiger partial charge in [-0.2, -0.15) is 4.98 Å². The van der Waals surface area contributed by atoms with Crippen LogP contribution in [-0.4, -0.2) is 59.1 Å². The molecule has 0 aliphatic heterocycles. The lowest BCUT2D eigenvalue weighted by atomic mass is 10.0. The topological polar surface area (TPSA) is 161 Å². The lowest BCUT2D eigenvalue weighted by Crippen LogP contribution is -2.26. The summed E-state index contributed by atoms with van der Waals surface area (Å²) in [5.74, 6) is 0.301. The fraction of sp³-hybridized carbons (Fsp3) is 0.240. The second-order valence-corrected chi connectivity index (χ2v) is 12.3. The van der Waals surface area contributed by atoms with Gasteiger partial charge in [0.05, 0.1) is 35.9 Å². The van der Waals surface area contributed by atoms with Crippen molar-refractivity contribution in [3.05, 3.63) is 54.9 Å². The minimum absolute atomic E-state index is 0.0303. The highest BCUT2D eigenvalue weighted by Crippen LogP contribution is 2.37. The Bertz CT molecular complexity index is 1780. The average Bonchev–Trinajstić information content (AvgIpc) is 3.75. The Morgan fingerprint density at radius 3 is 2.41 bits per heavy atom. The van der Waals surface area contributed by atoms with Gasteiger partial charge in [-0.05, 0) is 49.7 Å². The van der Waals surface area contributed by atoms with Crippen LogP contribution in [0.4, 0.5) is 11.4 Å². The minimum atomic E-state index is -3.92. The van der Waals surface area contributed by atoms with E-state index in [4.69, 9.17) is 9.47 Å². The maximum atomic E-state index is 13.3. The molecule has 5 rings (SSSR count). The number of aromatic nitrogens is 3. The van der Waals surface area contributed by atoms with Crippen molar-refractivity contribution in [2.24, 2.45) is 0 Å². The highest BCUT2D eigenvalue weighted by molar-refractivity contribution is 7.90. The fourth-order valence-corrected chi connectivity index (χ4v) is 6.16. The molecule has 0 spiro atoms. The van der Waals surface area contributed by atoms with Crippen molar-refractivity contribution in [2.45, 2.75) is 28.7 Å². The number of rotatable bonds is 10. The summed E-state index contributed by atoms with van der Waals surface area (Å²) < 4.78 is 66.8. The predicted octanol–water partition coefficient (Wildman–Crippen LogP) is 2.80. The molecule has 0 atom stereocenters. The molecule has 2 aromatic carbocycles. The van der Waals surface area contributed by atoms with Crippen LogP contribution in [0, 0.1) is 0 Å². The second-order valence-electron chi connectivity index (χ2n) is 8.76. The number of hydrogen-bond donors (Lipinski definition) is 3. The van der Waals surface area contributed by atoms with Crippen molar-refractivity contribution in [1.29, 1.82) is 0 Å². The molecule has 14 heteroatoms. The van der Waals surface area contributed by atoms with E-state index in [1.54, 1.807) is 36.5 Å². The zero-order valence-corrected chi connectivity index (χ0v) is 22.9. The molecule has 1 aliphatic carbocycles. The first-order valence-corrected chi connectivity index (χ1v) is 14.8. The van der Waals surface area contributed by atoms with Crippen LogP contribution >= 0.6 is 0 Å². The predicted molar refractivity (Wildman–Crippen MR) is 145 cm³/mol. The van der Waals surface area contributed by atoms with Gasteiger partial charge in [-0.15, -0.1) is 0 Å². The lowest BCUT2D eigenvalue weighted by molar-refractivity contribution is 0.353. The number of sulfonamides is 2. The van der Waals surface area contributed by atoms with E-state index in [9.17, 15) is 16.8 Å². The van der Waals surface area contributed by atoms with Gasteiger partial charge in [0, 0.05) is 29.5 Å². The first-order chi connectivity index (χ1) is 18.6. The number of methoxy groups -OCH3 is 2. The van der Waals surface area contributed by atoms with E-state index in [1.807, 2.05) is 0 Å². The van der Waals surface area contributed by atoms with Crippen molar-refractivity contribution < 1.29 is 26.3 Å². The van der Waals surface area contributed by atoms with Crippen LogP contribution in [0.2, 0.25) is 0 Å². The van der Waals surface area contributed by atoms with E-state index in [-0.39, 0.29) is 27.5 Å². The summed E-state index contributed by atoms with van der Waals surface area (Å²) in [6, 6.07) is 11.4. The molecule has 1 fully saturated rings. The van der Waals surface area contributed by atoms with Gasteiger partial charge in [0.25, 0.3) is 0 Å². The van der Waals surface area contributed by atoms with Crippen LogP contribution < -0.4 is 24.2 Å². The Morgan fingerprint density at radius 2 is 1.72 bits per heavy atom. The smallest absolute Gasteiger partial charge is 0.319 e. The third-order valence-electron chi connectivity index (χ3n) is 6.12. The molecule has 0 bridgehead atoms. The molecule has 39 heavy (non-hydrogen) atoms. The van der Waals surface area contributed by atoms with Crippen molar-refractivity contribution in [2.75, 3.05) is 26.6 Å². The monoisotopic (exact) mass is 570 g/mol.